The van der Waals surface area contributed by atoms with E-state index in [4.69, 9.17) is 11.6 Å². The van der Waals surface area contributed by atoms with Crippen LogP contribution in [-0.2, 0) is 27.6 Å². The number of hydrogen-bond acceptors (Lipinski definition) is 3. The van der Waals surface area contributed by atoms with Gasteiger partial charge in [-0.05, 0) is 37.3 Å². The molecule has 0 bridgehead atoms. The molecule has 0 radical (unpaired) electrons. The Balaban J connectivity index is 1.51. The first kappa shape index (κ1) is 22.0. The van der Waals surface area contributed by atoms with Crippen LogP contribution < -0.4 is 14.0 Å². The van der Waals surface area contributed by atoms with Crippen LogP contribution in [0.2, 0.25) is 5.02 Å². The highest BCUT2D eigenvalue weighted by Gasteiger charge is 2.16. The molecule has 4 rings (SSSR count). The summed E-state index contributed by atoms with van der Waals surface area (Å²) in [6, 6.07) is 18.4. The molecular weight excluding hydrogens is 420 g/mol. The van der Waals surface area contributed by atoms with E-state index < -0.39 is 0 Å². The molecule has 0 saturated heterocycles. The van der Waals surface area contributed by atoms with Crippen LogP contribution in [0, 0.1) is 0 Å². The number of aromatic nitrogens is 3. The quantitative estimate of drug-likeness (QED) is 0.291. The number of rotatable bonds is 7. The zero-order valence-electron chi connectivity index (χ0n) is 19.0. The first-order valence-electron chi connectivity index (χ1n) is 10.8. The summed E-state index contributed by atoms with van der Waals surface area (Å²) in [5.74, 6) is 0. The van der Waals surface area contributed by atoms with Crippen LogP contribution in [0.1, 0.15) is 12.6 Å². The van der Waals surface area contributed by atoms with Gasteiger partial charge in [0.2, 0.25) is 11.8 Å². The molecule has 7 heteroatoms. The number of aryl methyl sites for hydroxylation is 3. The lowest BCUT2D eigenvalue weighted by atomic mass is 10.2. The molecule has 0 aliphatic heterocycles. The largest absolute Gasteiger partial charge is 0.371 e. The molecule has 32 heavy (non-hydrogen) atoms. The molecule has 0 aliphatic carbocycles. The number of azo groups is 1. The third-order valence-corrected chi connectivity index (χ3v) is 6.00. The molecule has 0 unspecified atom stereocenters. The fourth-order valence-corrected chi connectivity index (χ4v) is 4.24. The van der Waals surface area contributed by atoms with Gasteiger partial charge < -0.3 is 4.90 Å². The summed E-state index contributed by atoms with van der Waals surface area (Å²) in [5, 5.41) is 9.63. The van der Waals surface area contributed by atoms with Crippen molar-refractivity contribution in [2.75, 3.05) is 18.0 Å². The van der Waals surface area contributed by atoms with Gasteiger partial charge in [0.05, 0.1) is 19.8 Å². The number of halogens is 1. The van der Waals surface area contributed by atoms with Crippen LogP contribution in [-0.4, -0.2) is 17.7 Å². The third kappa shape index (κ3) is 4.65. The van der Waals surface area contributed by atoms with Crippen molar-refractivity contribution in [2.24, 2.45) is 31.4 Å². The highest BCUT2D eigenvalue weighted by molar-refractivity contribution is 6.31. The summed E-state index contributed by atoms with van der Waals surface area (Å²) in [6.45, 7) is 4.09. The Bertz CT molecular complexity index is 1260. The van der Waals surface area contributed by atoms with Crippen molar-refractivity contribution < 1.29 is 9.13 Å². The average Bonchev–Trinajstić information content (AvgIpc) is 3.07. The van der Waals surface area contributed by atoms with Crippen LogP contribution in [0.15, 0.2) is 77.3 Å². The Labute approximate surface area is 194 Å². The van der Waals surface area contributed by atoms with Crippen molar-refractivity contribution in [3.05, 3.63) is 77.8 Å². The summed E-state index contributed by atoms with van der Waals surface area (Å²) < 4.78 is 6.25. The number of imidazole rings is 1. The monoisotopic (exact) mass is 448 g/mol. The molecular formula is C25H29ClN6+2. The van der Waals surface area contributed by atoms with Gasteiger partial charge in [-0.1, -0.05) is 17.7 Å². The number of benzene rings is 2. The van der Waals surface area contributed by atoms with E-state index >= 15 is 0 Å². The van der Waals surface area contributed by atoms with Crippen molar-refractivity contribution in [1.82, 2.24) is 4.57 Å². The van der Waals surface area contributed by atoms with Gasteiger partial charge in [-0.15, -0.1) is 5.11 Å². The van der Waals surface area contributed by atoms with E-state index in [2.05, 4.69) is 70.2 Å². The predicted molar refractivity (Wildman–Crippen MR) is 129 cm³/mol. The fraction of sp³-hybridized carbons (Fsp3) is 0.280. The van der Waals surface area contributed by atoms with E-state index in [1.165, 1.54) is 11.4 Å². The molecule has 0 aliphatic rings. The van der Waals surface area contributed by atoms with E-state index in [1.807, 2.05) is 53.8 Å². The summed E-state index contributed by atoms with van der Waals surface area (Å²) >= 11 is 6.31. The molecule has 0 amide bonds. The van der Waals surface area contributed by atoms with Gasteiger partial charge in [-0.3, -0.25) is 0 Å². The summed E-state index contributed by atoms with van der Waals surface area (Å²) in [5.41, 5.74) is 6.10. The molecule has 164 valence electrons. The number of likely N-dealkylation sites (N-methyl/N-ethyl adjacent to an activating group) is 1. The van der Waals surface area contributed by atoms with Gasteiger partial charge in [0.1, 0.15) is 12.7 Å². The molecule has 0 saturated carbocycles. The number of nitrogens with zero attached hydrogens (tertiary/aromatic N) is 6. The normalized spacial score (nSPS) is 11.5. The minimum atomic E-state index is 0.647. The molecule has 4 aromatic rings. The summed E-state index contributed by atoms with van der Waals surface area (Å²) in [7, 11) is 6.09. The molecule has 0 atom stereocenters. The second-order valence-electron chi connectivity index (χ2n) is 7.98. The molecule has 2 heterocycles. The Kier molecular flexibility index (Phi) is 6.51. The number of anilines is 1. The standard InChI is InChI=1S/C25H29ClN6/c1-5-32(15-13-21-8-6-7-14-29(21)2)22-11-9-20(10-12-22)27-28-23-16-19(26)17-24-25(23)31(4)18-30(24)3/h6-12,14,16-18H,5,13,15H2,1-4H3/q+2. The number of fused-ring (bicyclic) bond motifs is 1. The van der Waals surface area contributed by atoms with E-state index in [9.17, 15) is 0 Å². The van der Waals surface area contributed by atoms with Crippen LogP contribution in [0.4, 0.5) is 17.1 Å². The minimum absolute atomic E-state index is 0.647. The first-order valence-corrected chi connectivity index (χ1v) is 11.2. The molecule has 2 aromatic heterocycles. The topological polar surface area (TPSA) is 40.6 Å². The van der Waals surface area contributed by atoms with Gasteiger partial charge >= 0.3 is 0 Å². The first-order chi connectivity index (χ1) is 15.5. The Morgan fingerprint density at radius 3 is 2.50 bits per heavy atom. The maximum Gasteiger partial charge on any atom is 0.244 e. The van der Waals surface area contributed by atoms with Crippen molar-refractivity contribution in [2.45, 2.75) is 13.3 Å². The van der Waals surface area contributed by atoms with Gasteiger partial charge in [0, 0.05) is 48.4 Å². The highest BCUT2D eigenvalue weighted by Crippen LogP contribution is 2.30. The van der Waals surface area contributed by atoms with Crippen LogP contribution in [0.25, 0.3) is 11.0 Å². The second-order valence-corrected chi connectivity index (χ2v) is 8.42. The maximum atomic E-state index is 6.31. The van der Waals surface area contributed by atoms with E-state index in [0.717, 1.165) is 41.9 Å². The fourth-order valence-electron chi connectivity index (χ4n) is 4.04. The second kappa shape index (κ2) is 9.49. The van der Waals surface area contributed by atoms with Gasteiger partial charge in [0.15, 0.2) is 17.4 Å². The van der Waals surface area contributed by atoms with Crippen molar-refractivity contribution in [1.29, 1.82) is 0 Å². The number of hydrogen-bond donors (Lipinski definition) is 0. The third-order valence-electron chi connectivity index (χ3n) is 5.78. The average molecular weight is 449 g/mol. The van der Waals surface area contributed by atoms with E-state index in [0.29, 0.717) is 5.02 Å². The van der Waals surface area contributed by atoms with Gasteiger partial charge in [0.25, 0.3) is 0 Å². The lowest BCUT2D eigenvalue weighted by Crippen LogP contribution is -2.35. The predicted octanol–water partition coefficient (Wildman–Crippen LogP) is 4.97. The zero-order valence-corrected chi connectivity index (χ0v) is 19.8. The summed E-state index contributed by atoms with van der Waals surface area (Å²) in [6.07, 6.45) is 5.09. The molecule has 0 spiro atoms. The highest BCUT2D eigenvalue weighted by atomic mass is 35.5. The Morgan fingerprint density at radius 2 is 1.78 bits per heavy atom. The van der Waals surface area contributed by atoms with Crippen LogP contribution in [0.5, 0.6) is 0 Å². The molecule has 0 fully saturated rings. The Morgan fingerprint density at radius 1 is 1.00 bits per heavy atom. The number of pyridine rings is 1. The van der Waals surface area contributed by atoms with Crippen molar-refractivity contribution in [3.8, 4) is 0 Å². The lowest BCUT2D eigenvalue weighted by Gasteiger charge is -2.22. The van der Waals surface area contributed by atoms with E-state index in [-0.39, 0.29) is 0 Å². The Hall–Kier alpha value is -3.25. The van der Waals surface area contributed by atoms with Crippen molar-refractivity contribution >= 4 is 39.7 Å². The lowest BCUT2D eigenvalue weighted by molar-refractivity contribution is -0.679. The smallest absolute Gasteiger partial charge is 0.244 e. The minimum Gasteiger partial charge on any atom is -0.371 e. The van der Waals surface area contributed by atoms with Crippen molar-refractivity contribution in [3.63, 3.8) is 0 Å². The van der Waals surface area contributed by atoms with E-state index in [1.54, 1.807) is 0 Å². The van der Waals surface area contributed by atoms with Gasteiger partial charge in [-0.25, -0.2) is 13.7 Å². The molecule has 0 N–H and O–H groups in total. The van der Waals surface area contributed by atoms with Crippen LogP contribution >= 0.6 is 11.6 Å². The zero-order chi connectivity index (χ0) is 22.7. The van der Waals surface area contributed by atoms with Crippen LogP contribution in [0.3, 0.4) is 0 Å². The maximum absolute atomic E-state index is 6.31. The summed E-state index contributed by atoms with van der Waals surface area (Å²) in [4.78, 5) is 2.37. The molecule has 2 aromatic carbocycles. The van der Waals surface area contributed by atoms with Gasteiger partial charge in [-0.2, -0.15) is 5.11 Å². The molecule has 6 nitrogen and oxygen atoms in total. The SMILES string of the molecule is CCN(CCc1cccc[n+]1C)c1ccc(N=Nc2cc(Cl)cc3c2[n+](C)cn3C)cc1.